The normalized spacial score (nSPS) is 12.3. The Balaban J connectivity index is 1.91. The third-order valence-corrected chi connectivity index (χ3v) is 4.33. The highest BCUT2D eigenvalue weighted by Crippen LogP contribution is 2.28. The summed E-state index contributed by atoms with van der Waals surface area (Å²) < 4.78 is 13.3. The predicted octanol–water partition coefficient (Wildman–Crippen LogP) is 4.31. The molecule has 4 heteroatoms. The maximum absolute atomic E-state index is 13.3. The van der Waals surface area contributed by atoms with E-state index in [1.54, 1.807) is 13.0 Å². The Morgan fingerprint density at radius 1 is 1.14 bits per heavy atom. The first-order valence-electron chi connectivity index (χ1n) is 6.67. The molecule has 0 bridgehead atoms. The van der Waals surface area contributed by atoms with Gasteiger partial charge in [-0.25, -0.2) is 9.37 Å². The molecule has 2 nitrogen and oxygen atoms in total. The fourth-order valence-electron chi connectivity index (χ4n) is 2.17. The molecule has 2 N–H and O–H groups in total. The van der Waals surface area contributed by atoms with Crippen LogP contribution >= 0.6 is 11.3 Å². The van der Waals surface area contributed by atoms with Gasteiger partial charge in [-0.15, -0.1) is 11.3 Å². The predicted molar refractivity (Wildman–Crippen MR) is 84.7 cm³/mol. The summed E-state index contributed by atoms with van der Waals surface area (Å²) in [6.45, 7) is 1.75. The Labute approximate surface area is 127 Å². The second-order valence-corrected chi connectivity index (χ2v) is 5.81. The molecule has 2 aromatic carbocycles. The van der Waals surface area contributed by atoms with E-state index in [-0.39, 0.29) is 11.9 Å². The van der Waals surface area contributed by atoms with E-state index < -0.39 is 0 Å². The number of hydrogen-bond donors (Lipinski definition) is 1. The first-order chi connectivity index (χ1) is 10.1. The Bertz CT molecular complexity index is 752. The highest BCUT2D eigenvalue weighted by atomic mass is 32.1. The van der Waals surface area contributed by atoms with Crippen molar-refractivity contribution in [2.75, 3.05) is 0 Å². The van der Waals surface area contributed by atoms with Crippen molar-refractivity contribution < 1.29 is 4.39 Å². The SMILES string of the molecule is Cc1cc(-c2csc(C(N)c3ccccc3)n2)ccc1F. The monoisotopic (exact) mass is 298 g/mol. The standard InChI is InChI=1S/C17H15FN2S/c1-11-9-13(7-8-14(11)18)15-10-21-17(20-15)16(19)12-5-3-2-4-6-12/h2-10,16H,19H2,1H3. The van der Waals surface area contributed by atoms with Crippen LogP contribution in [0.1, 0.15) is 22.2 Å². The molecule has 0 radical (unpaired) electrons. The summed E-state index contributed by atoms with van der Waals surface area (Å²) in [5.41, 5.74) is 9.66. The Morgan fingerprint density at radius 2 is 1.90 bits per heavy atom. The van der Waals surface area contributed by atoms with Gasteiger partial charge in [0.05, 0.1) is 11.7 Å². The number of rotatable bonds is 3. The van der Waals surface area contributed by atoms with E-state index in [4.69, 9.17) is 5.73 Å². The van der Waals surface area contributed by atoms with Crippen LogP contribution in [0.15, 0.2) is 53.9 Å². The minimum Gasteiger partial charge on any atom is -0.318 e. The zero-order chi connectivity index (χ0) is 14.8. The summed E-state index contributed by atoms with van der Waals surface area (Å²) >= 11 is 1.53. The van der Waals surface area contributed by atoms with Gasteiger partial charge in [-0.2, -0.15) is 0 Å². The third kappa shape index (κ3) is 2.86. The third-order valence-electron chi connectivity index (χ3n) is 3.40. The first kappa shape index (κ1) is 13.9. The fourth-order valence-corrected chi connectivity index (χ4v) is 3.02. The van der Waals surface area contributed by atoms with Crippen LogP contribution in [0.2, 0.25) is 0 Å². The molecular weight excluding hydrogens is 283 g/mol. The molecule has 1 atom stereocenters. The lowest BCUT2D eigenvalue weighted by Gasteiger charge is -2.08. The lowest BCUT2D eigenvalue weighted by molar-refractivity contribution is 0.619. The van der Waals surface area contributed by atoms with Gasteiger partial charge in [0.2, 0.25) is 0 Å². The molecule has 0 saturated carbocycles. The van der Waals surface area contributed by atoms with Crippen LogP contribution in [0, 0.1) is 12.7 Å². The van der Waals surface area contributed by atoms with Crippen molar-refractivity contribution in [3.63, 3.8) is 0 Å². The van der Waals surface area contributed by atoms with Gasteiger partial charge in [-0.05, 0) is 36.2 Å². The zero-order valence-electron chi connectivity index (χ0n) is 11.6. The average Bonchev–Trinajstić information content (AvgIpc) is 3.00. The molecule has 0 saturated heterocycles. The van der Waals surface area contributed by atoms with E-state index in [0.29, 0.717) is 5.56 Å². The van der Waals surface area contributed by atoms with Crippen molar-refractivity contribution in [1.82, 2.24) is 4.98 Å². The van der Waals surface area contributed by atoms with E-state index >= 15 is 0 Å². The molecule has 0 amide bonds. The average molecular weight is 298 g/mol. The van der Waals surface area contributed by atoms with Crippen LogP contribution in [0.3, 0.4) is 0 Å². The van der Waals surface area contributed by atoms with Gasteiger partial charge in [0.1, 0.15) is 10.8 Å². The molecule has 21 heavy (non-hydrogen) atoms. The van der Waals surface area contributed by atoms with Gasteiger partial charge in [-0.1, -0.05) is 30.3 Å². The summed E-state index contributed by atoms with van der Waals surface area (Å²) in [4.78, 5) is 4.60. The number of aromatic nitrogens is 1. The Morgan fingerprint density at radius 3 is 2.62 bits per heavy atom. The lowest BCUT2D eigenvalue weighted by atomic mass is 10.1. The van der Waals surface area contributed by atoms with Crippen molar-refractivity contribution in [2.24, 2.45) is 5.73 Å². The number of halogens is 1. The second kappa shape index (κ2) is 5.76. The lowest BCUT2D eigenvalue weighted by Crippen LogP contribution is -2.11. The molecule has 1 aromatic heterocycles. The minimum atomic E-state index is -0.230. The van der Waals surface area contributed by atoms with Crippen molar-refractivity contribution in [3.05, 3.63) is 75.9 Å². The van der Waals surface area contributed by atoms with E-state index in [9.17, 15) is 4.39 Å². The molecule has 0 fully saturated rings. The van der Waals surface area contributed by atoms with Crippen LogP contribution in [-0.4, -0.2) is 4.98 Å². The number of aryl methyl sites for hydroxylation is 1. The van der Waals surface area contributed by atoms with Crippen LogP contribution in [0.25, 0.3) is 11.3 Å². The second-order valence-electron chi connectivity index (χ2n) is 4.92. The van der Waals surface area contributed by atoms with Gasteiger partial charge >= 0.3 is 0 Å². The Kier molecular flexibility index (Phi) is 3.82. The maximum atomic E-state index is 13.3. The molecule has 106 valence electrons. The molecular formula is C17H15FN2S. The van der Waals surface area contributed by atoms with Crippen molar-refractivity contribution in [1.29, 1.82) is 0 Å². The van der Waals surface area contributed by atoms with E-state index in [2.05, 4.69) is 4.98 Å². The topological polar surface area (TPSA) is 38.9 Å². The summed E-state index contributed by atoms with van der Waals surface area (Å²) in [6, 6.07) is 14.7. The summed E-state index contributed by atoms with van der Waals surface area (Å²) in [5, 5.41) is 2.82. The van der Waals surface area contributed by atoms with Gasteiger partial charge < -0.3 is 5.73 Å². The summed E-state index contributed by atoms with van der Waals surface area (Å²) in [5.74, 6) is -0.199. The Hall–Kier alpha value is -2.04. The largest absolute Gasteiger partial charge is 0.318 e. The van der Waals surface area contributed by atoms with E-state index in [0.717, 1.165) is 21.8 Å². The first-order valence-corrected chi connectivity index (χ1v) is 7.55. The highest BCUT2D eigenvalue weighted by Gasteiger charge is 2.14. The van der Waals surface area contributed by atoms with Gasteiger partial charge in [0.15, 0.2) is 0 Å². The maximum Gasteiger partial charge on any atom is 0.126 e. The highest BCUT2D eigenvalue weighted by molar-refractivity contribution is 7.10. The molecule has 1 unspecified atom stereocenters. The van der Waals surface area contributed by atoms with Crippen LogP contribution in [-0.2, 0) is 0 Å². The zero-order valence-corrected chi connectivity index (χ0v) is 12.4. The number of benzene rings is 2. The van der Waals surface area contributed by atoms with Crippen LogP contribution in [0.4, 0.5) is 4.39 Å². The van der Waals surface area contributed by atoms with Crippen molar-refractivity contribution in [3.8, 4) is 11.3 Å². The van der Waals surface area contributed by atoms with Crippen molar-refractivity contribution >= 4 is 11.3 Å². The number of nitrogens with two attached hydrogens (primary N) is 1. The van der Waals surface area contributed by atoms with E-state index in [1.807, 2.05) is 41.8 Å². The van der Waals surface area contributed by atoms with E-state index in [1.165, 1.54) is 17.4 Å². The van der Waals surface area contributed by atoms with Crippen molar-refractivity contribution in [2.45, 2.75) is 13.0 Å². The van der Waals surface area contributed by atoms with Gasteiger partial charge in [-0.3, -0.25) is 0 Å². The molecule has 1 heterocycles. The fraction of sp³-hybridized carbons (Fsp3) is 0.118. The molecule has 3 rings (SSSR count). The number of nitrogens with zero attached hydrogens (tertiary/aromatic N) is 1. The molecule has 0 aliphatic carbocycles. The quantitative estimate of drug-likeness (QED) is 0.782. The smallest absolute Gasteiger partial charge is 0.126 e. The van der Waals surface area contributed by atoms with Gasteiger partial charge in [0, 0.05) is 10.9 Å². The van der Waals surface area contributed by atoms with Crippen LogP contribution < -0.4 is 5.73 Å². The number of hydrogen-bond acceptors (Lipinski definition) is 3. The molecule has 0 aliphatic rings. The number of thiazole rings is 1. The molecule has 3 aromatic rings. The van der Waals surface area contributed by atoms with Gasteiger partial charge in [0.25, 0.3) is 0 Å². The summed E-state index contributed by atoms with van der Waals surface area (Å²) in [7, 11) is 0. The van der Waals surface area contributed by atoms with Crippen LogP contribution in [0.5, 0.6) is 0 Å². The molecule has 0 aliphatic heterocycles. The molecule has 0 spiro atoms. The summed E-state index contributed by atoms with van der Waals surface area (Å²) in [6.07, 6.45) is 0. The minimum absolute atomic E-state index is 0.199.